The number of anilines is 2. The maximum Gasteiger partial charge on any atom is 0.412 e. The number of carbonyl (C=O) groups excluding carboxylic acids is 2. The van der Waals surface area contributed by atoms with Gasteiger partial charge in [0.15, 0.2) is 0 Å². The Balaban J connectivity index is 1.20. The Bertz CT molecular complexity index is 1200. The number of hydrogen-bond donors (Lipinski definition) is 1. The first-order chi connectivity index (χ1) is 17.9. The standard InChI is InChI=1S/C25H30FN7O4/c1-18-5-7-20(8-6-18)36-13-12-31(2)23(34)17-33-15-19(14-28-33)29-25(35)37-21-4-3-11-32(16-21)22-9-10-27-24(26)30-22/h5-10,14-15,21H,3-4,11-13,16-17H2,1-2H3,(H,29,35). The van der Waals surface area contributed by atoms with Crippen LogP contribution in [-0.2, 0) is 16.1 Å². The summed E-state index contributed by atoms with van der Waals surface area (Å²) >= 11 is 0. The zero-order valence-electron chi connectivity index (χ0n) is 20.8. The molecule has 2 aromatic heterocycles. The number of aryl methyl sites for hydroxylation is 1. The van der Waals surface area contributed by atoms with Crippen LogP contribution in [0.3, 0.4) is 0 Å². The first-order valence-corrected chi connectivity index (χ1v) is 12.0. The van der Waals surface area contributed by atoms with Crippen molar-refractivity contribution in [3.63, 3.8) is 0 Å². The molecular formula is C25H30FN7O4. The van der Waals surface area contributed by atoms with Gasteiger partial charge in [0.25, 0.3) is 0 Å². The van der Waals surface area contributed by atoms with E-state index in [1.165, 1.54) is 17.1 Å². The number of aromatic nitrogens is 4. The van der Waals surface area contributed by atoms with E-state index in [0.717, 1.165) is 17.7 Å². The van der Waals surface area contributed by atoms with Crippen LogP contribution in [0.25, 0.3) is 0 Å². The second-order valence-electron chi connectivity index (χ2n) is 8.83. The number of hydrogen-bond acceptors (Lipinski definition) is 8. The topological polar surface area (TPSA) is 115 Å². The summed E-state index contributed by atoms with van der Waals surface area (Å²) in [6, 6.07) is 9.34. The Labute approximate surface area is 214 Å². The molecule has 1 fully saturated rings. The highest BCUT2D eigenvalue weighted by Crippen LogP contribution is 2.20. The molecule has 37 heavy (non-hydrogen) atoms. The van der Waals surface area contributed by atoms with Gasteiger partial charge in [-0.15, -0.1) is 0 Å². The lowest BCUT2D eigenvalue weighted by Crippen LogP contribution is -2.41. The molecule has 1 N–H and O–H groups in total. The molecular weight excluding hydrogens is 481 g/mol. The third-order valence-corrected chi connectivity index (χ3v) is 5.91. The number of benzene rings is 1. The molecule has 1 saturated heterocycles. The maximum atomic E-state index is 13.3. The minimum absolute atomic E-state index is 0.0187. The summed E-state index contributed by atoms with van der Waals surface area (Å²) in [5.74, 6) is 1.07. The molecule has 3 heterocycles. The fourth-order valence-electron chi connectivity index (χ4n) is 3.88. The Morgan fingerprint density at radius 3 is 2.84 bits per heavy atom. The van der Waals surface area contributed by atoms with Crippen LogP contribution < -0.4 is 15.0 Å². The normalized spacial score (nSPS) is 15.2. The summed E-state index contributed by atoms with van der Waals surface area (Å²) in [6.45, 7) is 3.90. The van der Waals surface area contributed by atoms with Crippen LogP contribution in [-0.4, -0.2) is 76.0 Å². The van der Waals surface area contributed by atoms with Crippen molar-refractivity contribution >= 4 is 23.5 Å². The number of carbonyl (C=O) groups is 2. The third-order valence-electron chi connectivity index (χ3n) is 5.91. The van der Waals surface area contributed by atoms with Crippen LogP contribution in [0.1, 0.15) is 18.4 Å². The summed E-state index contributed by atoms with van der Waals surface area (Å²) in [4.78, 5) is 35.6. The smallest absolute Gasteiger partial charge is 0.412 e. The maximum absolute atomic E-state index is 13.3. The van der Waals surface area contributed by atoms with Crippen molar-refractivity contribution in [1.82, 2.24) is 24.6 Å². The molecule has 1 unspecified atom stereocenters. The average molecular weight is 512 g/mol. The minimum atomic E-state index is -0.796. The van der Waals surface area contributed by atoms with Gasteiger partial charge in [-0.25, -0.2) is 9.78 Å². The summed E-state index contributed by atoms with van der Waals surface area (Å²) in [5, 5.41) is 6.78. The van der Waals surface area contributed by atoms with Crippen molar-refractivity contribution in [3.05, 3.63) is 60.6 Å². The van der Waals surface area contributed by atoms with Crippen molar-refractivity contribution in [2.45, 2.75) is 32.4 Å². The van der Waals surface area contributed by atoms with Crippen LogP contribution in [0, 0.1) is 13.0 Å². The van der Waals surface area contributed by atoms with E-state index in [9.17, 15) is 14.0 Å². The lowest BCUT2D eigenvalue weighted by atomic mass is 10.1. The van der Waals surface area contributed by atoms with Gasteiger partial charge in [0, 0.05) is 26.0 Å². The van der Waals surface area contributed by atoms with Crippen molar-refractivity contribution in [1.29, 1.82) is 0 Å². The molecule has 1 aromatic carbocycles. The van der Waals surface area contributed by atoms with E-state index in [0.29, 0.717) is 44.2 Å². The number of amides is 2. The molecule has 3 aromatic rings. The number of piperidine rings is 1. The van der Waals surface area contributed by atoms with Crippen molar-refractivity contribution < 1.29 is 23.5 Å². The van der Waals surface area contributed by atoms with E-state index in [2.05, 4.69) is 20.4 Å². The molecule has 1 aliphatic heterocycles. The molecule has 0 bridgehead atoms. The molecule has 1 atom stereocenters. The highest BCUT2D eigenvalue weighted by atomic mass is 19.1. The Morgan fingerprint density at radius 1 is 1.24 bits per heavy atom. The number of likely N-dealkylation sites (N-methyl/N-ethyl adjacent to an activating group) is 1. The fourth-order valence-corrected chi connectivity index (χ4v) is 3.88. The van der Waals surface area contributed by atoms with Gasteiger partial charge in [-0.05, 0) is 38.0 Å². The molecule has 196 valence electrons. The number of nitrogens with zero attached hydrogens (tertiary/aromatic N) is 6. The Hall–Kier alpha value is -4.22. The fraction of sp³-hybridized carbons (Fsp3) is 0.400. The molecule has 2 amide bonds. The highest BCUT2D eigenvalue weighted by molar-refractivity contribution is 5.84. The van der Waals surface area contributed by atoms with Crippen LogP contribution in [0.15, 0.2) is 48.9 Å². The summed E-state index contributed by atoms with van der Waals surface area (Å²) < 4.78 is 26.0. The number of nitrogens with one attached hydrogen (secondary N) is 1. The van der Waals surface area contributed by atoms with Gasteiger partial charge in [-0.1, -0.05) is 17.7 Å². The van der Waals surface area contributed by atoms with Gasteiger partial charge < -0.3 is 19.3 Å². The number of rotatable bonds is 9. The Kier molecular flexibility index (Phi) is 8.49. The molecule has 4 rings (SSSR count). The third kappa shape index (κ3) is 7.63. The second-order valence-corrected chi connectivity index (χ2v) is 8.83. The molecule has 11 nitrogen and oxygen atoms in total. The van der Waals surface area contributed by atoms with Gasteiger partial charge in [0.05, 0.1) is 25.0 Å². The SMILES string of the molecule is Cc1ccc(OCCN(C)C(=O)Cn2cc(NC(=O)OC3CCCN(c4ccnc(F)n4)C3)cn2)cc1. The molecule has 0 aliphatic carbocycles. The van der Waals surface area contributed by atoms with Crippen molar-refractivity contribution in [2.24, 2.45) is 0 Å². The van der Waals surface area contributed by atoms with E-state index in [-0.39, 0.29) is 18.6 Å². The zero-order chi connectivity index (χ0) is 26.2. The van der Waals surface area contributed by atoms with Crippen LogP contribution in [0.5, 0.6) is 5.75 Å². The number of halogens is 1. The average Bonchev–Trinajstić information content (AvgIpc) is 3.31. The minimum Gasteiger partial charge on any atom is -0.492 e. The summed E-state index contributed by atoms with van der Waals surface area (Å²) in [6.07, 6.45) is 4.03. The predicted octanol–water partition coefficient (Wildman–Crippen LogP) is 2.88. The van der Waals surface area contributed by atoms with Gasteiger partial charge in [-0.2, -0.15) is 14.5 Å². The molecule has 1 aliphatic rings. The monoisotopic (exact) mass is 511 g/mol. The highest BCUT2D eigenvalue weighted by Gasteiger charge is 2.24. The zero-order valence-corrected chi connectivity index (χ0v) is 20.8. The summed E-state index contributed by atoms with van der Waals surface area (Å²) in [7, 11) is 1.70. The van der Waals surface area contributed by atoms with E-state index in [1.54, 1.807) is 24.2 Å². The van der Waals surface area contributed by atoms with E-state index >= 15 is 0 Å². The lowest BCUT2D eigenvalue weighted by Gasteiger charge is -2.32. The van der Waals surface area contributed by atoms with E-state index in [4.69, 9.17) is 9.47 Å². The van der Waals surface area contributed by atoms with E-state index in [1.807, 2.05) is 36.1 Å². The molecule has 12 heteroatoms. The van der Waals surface area contributed by atoms with Gasteiger partial charge >= 0.3 is 12.2 Å². The lowest BCUT2D eigenvalue weighted by molar-refractivity contribution is -0.131. The predicted molar refractivity (Wildman–Crippen MR) is 134 cm³/mol. The molecule has 0 radical (unpaired) electrons. The first-order valence-electron chi connectivity index (χ1n) is 12.0. The van der Waals surface area contributed by atoms with Crippen molar-refractivity contribution in [3.8, 4) is 5.75 Å². The number of ether oxygens (including phenoxy) is 2. The van der Waals surface area contributed by atoms with Crippen LogP contribution in [0.2, 0.25) is 0 Å². The Morgan fingerprint density at radius 2 is 2.05 bits per heavy atom. The quantitative estimate of drug-likeness (QED) is 0.436. The van der Waals surface area contributed by atoms with Crippen molar-refractivity contribution in [2.75, 3.05) is 43.5 Å². The second kappa shape index (κ2) is 12.2. The van der Waals surface area contributed by atoms with Crippen LogP contribution >= 0.6 is 0 Å². The molecule has 0 saturated carbocycles. The summed E-state index contributed by atoms with van der Waals surface area (Å²) in [5.41, 5.74) is 1.56. The largest absolute Gasteiger partial charge is 0.492 e. The first kappa shape index (κ1) is 25.9. The van der Waals surface area contributed by atoms with E-state index < -0.39 is 12.2 Å². The van der Waals surface area contributed by atoms with Crippen LogP contribution in [0.4, 0.5) is 20.7 Å². The van der Waals surface area contributed by atoms with Gasteiger partial charge in [0.2, 0.25) is 5.91 Å². The van der Waals surface area contributed by atoms with Gasteiger partial charge in [-0.3, -0.25) is 14.8 Å². The molecule has 0 spiro atoms. The van der Waals surface area contributed by atoms with Gasteiger partial charge in [0.1, 0.15) is 30.8 Å².